The highest BCUT2D eigenvalue weighted by molar-refractivity contribution is 5.81. The molecular weight excluding hydrogens is 389 g/mol. The van der Waals surface area contributed by atoms with Gasteiger partial charge in [0.15, 0.2) is 17.2 Å². The van der Waals surface area contributed by atoms with E-state index >= 15 is 0 Å². The minimum atomic E-state index is -0.262. The van der Waals surface area contributed by atoms with Crippen LogP contribution in [0.15, 0.2) is 30.6 Å². The fraction of sp³-hybridized carbons (Fsp3) is 0.250. The van der Waals surface area contributed by atoms with Crippen LogP contribution in [0.4, 0.5) is 16.0 Å². The van der Waals surface area contributed by atoms with Crippen LogP contribution in [0.1, 0.15) is 17.0 Å². The lowest BCUT2D eigenvalue weighted by molar-refractivity contribution is 0.249. The van der Waals surface area contributed by atoms with Gasteiger partial charge in [-0.05, 0) is 18.2 Å². The van der Waals surface area contributed by atoms with Crippen molar-refractivity contribution in [2.75, 3.05) is 24.3 Å². The fourth-order valence-corrected chi connectivity index (χ4v) is 4.31. The summed E-state index contributed by atoms with van der Waals surface area (Å²) in [6.45, 7) is 1.11. The number of hydrogen-bond acceptors (Lipinski definition) is 7. The third kappa shape index (κ3) is 2.36. The van der Waals surface area contributed by atoms with Crippen molar-refractivity contribution in [3.8, 4) is 22.8 Å². The standard InChI is InChI=1S/C20H18FN7O2/c1-27-14(5-17(22)26-27)11-4-16-20(28-9-24-25-19(11)28)23-6-12-13(21)2-3-15-18(12)10(7-29-15)8-30-16/h2-5,9-10,23H,6-8H2,1H3,(H2,22,26)/t10-/m0/s1. The second kappa shape index (κ2) is 6.09. The van der Waals surface area contributed by atoms with Gasteiger partial charge in [0.25, 0.3) is 0 Å². The number of hydrogen-bond donors (Lipinski definition) is 2. The Labute approximate surface area is 170 Å². The Balaban J connectivity index is 1.53. The number of pyridine rings is 1. The molecule has 0 unspecified atom stereocenters. The first-order valence-corrected chi connectivity index (χ1v) is 9.57. The number of nitrogens with one attached hydrogen (secondary N) is 1. The van der Waals surface area contributed by atoms with Gasteiger partial charge < -0.3 is 20.5 Å². The molecule has 3 N–H and O–H groups in total. The van der Waals surface area contributed by atoms with E-state index in [9.17, 15) is 4.39 Å². The van der Waals surface area contributed by atoms with Crippen molar-refractivity contribution in [3.63, 3.8) is 0 Å². The van der Waals surface area contributed by atoms with Crippen LogP contribution in [0.3, 0.4) is 0 Å². The van der Waals surface area contributed by atoms with E-state index in [1.807, 2.05) is 13.1 Å². The van der Waals surface area contributed by atoms with E-state index in [2.05, 4.69) is 20.6 Å². The molecular formula is C20H18FN7O2. The predicted octanol–water partition coefficient (Wildman–Crippen LogP) is 2.33. The molecule has 4 aromatic rings. The van der Waals surface area contributed by atoms with E-state index in [1.54, 1.807) is 27.5 Å². The Morgan fingerprint density at radius 3 is 2.83 bits per heavy atom. The summed E-state index contributed by atoms with van der Waals surface area (Å²) in [4.78, 5) is 0. The molecule has 6 rings (SSSR count). The van der Waals surface area contributed by atoms with Gasteiger partial charge in [-0.15, -0.1) is 10.2 Å². The minimum Gasteiger partial charge on any atom is -0.493 e. The number of nitrogens with zero attached hydrogens (tertiary/aromatic N) is 5. The van der Waals surface area contributed by atoms with Crippen molar-refractivity contribution in [3.05, 3.63) is 47.5 Å². The van der Waals surface area contributed by atoms with Crippen LogP contribution in [-0.2, 0) is 13.6 Å². The van der Waals surface area contributed by atoms with Gasteiger partial charge in [-0.3, -0.25) is 9.08 Å². The van der Waals surface area contributed by atoms with Crippen molar-refractivity contribution >= 4 is 17.3 Å². The van der Waals surface area contributed by atoms with Crippen LogP contribution in [0, 0.1) is 5.82 Å². The molecule has 1 atom stereocenters. The molecule has 0 bridgehead atoms. The fourth-order valence-electron chi connectivity index (χ4n) is 4.31. The number of ether oxygens (including phenoxy) is 2. The molecule has 0 radical (unpaired) electrons. The summed E-state index contributed by atoms with van der Waals surface area (Å²) >= 11 is 0. The molecule has 10 heteroatoms. The van der Waals surface area contributed by atoms with Crippen LogP contribution >= 0.6 is 0 Å². The summed E-state index contributed by atoms with van der Waals surface area (Å²) in [7, 11) is 1.82. The van der Waals surface area contributed by atoms with Gasteiger partial charge in [-0.1, -0.05) is 0 Å². The first-order valence-electron chi connectivity index (χ1n) is 9.57. The average Bonchev–Trinajstić information content (AvgIpc) is 3.44. The second-order valence-corrected chi connectivity index (χ2v) is 7.48. The lowest BCUT2D eigenvalue weighted by Crippen LogP contribution is -2.13. The number of nitrogens with two attached hydrogens (primary N) is 1. The first kappa shape index (κ1) is 17.1. The molecule has 0 aliphatic carbocycles. The number of nitrogen functional groups attached to an aromatic ring is 1. The number of fused-ring (bicyclic) bond motifs is 3. The van der Waals surface area contributed by atoms with E-state index in [1.165, 1.54) is 6.07 Å². The summed E-state index contributed by atoms with van der Waals surface area (Å²) in [5.74, 6) is 2.08. The van der Waals surface area contributed by atoms with Gasteiger partial charge in [0.1, 0.15) is 23.7 Å². The van der Waals surface area contributed by atoms with E-state index in [0.717, 1.165) is 16.8 Å². The molecule has 30 heavy (non-hydrogen) atoms. The number of aromatic nitrogens is 5. The number of anilines is 2. The lowest BCUT2D eigenvalue weighted by atomic mass is 9.96. The zero-order chi connectivity index (χ0) is 20.4. The average molecular weight is 407 g/mol. The third-order valence-electron chi connectivity index (χ3n) is 5.69. The van der Waals surface area contributed by atoms with Crippen molar-refractivity contribution in [1.29, 1.82) is 0 Å². The van der Waals surface area contributed by atoms with E-state index < -0.39 is 0 Å². The molecule has 2 aliphatic heterocycles. The Morgan fingerprint density at radius 1 is 1.20 bits per heavy atom. The number of benzene rings is 1. The molecule has 1 aromatic carbocycles. The zero-order valence-electron chi connectivity index (χ0n) is 16.1. The van der Waals surface area contributed by atoms with Crippen molar-refractivity contribution in [2.24, 2.45) is 7.05 Å². The van der Waals surface area contributed by atoms with Crippen molar-refractivity contribution < 1.29 is 13.9 Å². The SMILES string of the molecule is Cn1nc(N)cc1-c1cc2c(n3cnnc13)NCc1c(F)ccc3c1[C@@H](CO3)CO2. The molecule has 3 aromatic heterocycles. The van der Waals surface area contributed by atoms with Gasteiger partial charge in [0, 0.05) is 36.3 Å². The Kier molecular flexibility index (Phi) is 3.46. The second-order valence-electron chi connectivity index (χ2n) is 7.48. The van der Waals surface area contributed by atoms with Gasteiger partial charge in [-0.2, -0.15) is 5.10 Å². The molecule has 9 nitrogen and oxygen atoms in total. The molecule has 0 amide bonds. The van der Waals surface area contributed by atoms with Crippen LogP contribution in [0.25, 0.3) is 16.9 Å². The van der Waals surface area contributed by atoms with Gasteiger partial charge in [0.05, 0.1) is 24.8 Å². The topological polar surface area (TPSA) is 105 Å². The summed E-state index contributed by atoms with van der Waals surface area (Å²) in [5, 5.41) is 15.9. The highest BCUT2D eigenvalue weighted by Crippen LogP contribution is 2.41. The molecule has 0 fully saturated rings. The summed E-state index contributed by atoms with van der Waals surface area (Å²) in [5.41, 5.74) is 9.53. The largest absolute Gasteiger partial charge is 0.493 e. The van der Waals surface area contributed by atoms with Gasteiger partial charge in [0.2, 0.25) is 0 Å². The molecule has 152 valence electrons. The Bertz CT molecular complexity index is 1310. The van der Waals surface area contributed by atoms with Crippen LogP contribution < -0.4 is 20.5 Å². The number of rotatable bonds is 1. The highest BCUT2D eigenvalue weighted by atomic mass is 19.1. The van der Waals surface area contributed by atoms with Crippen molar-refractivity contribution in [2.45, 2.75) is 12.5 Å². The minimum absolute atomic E-state index is 0.0501. The van der Waals surface area contributed by atoms with Crippen LogP contribution in [0.5, 0.6) is 11.5 Å². The zero-order valence-corrected chi connectivity index (χ0v) is 16.1. The van der Waals surface area contributed by atoms with Gasteiger partial charge in [-0.25, -0.2) is 4.39 Å². The quantitative estimate of drug-likeness (QED) is 0.499. The summed E-state index contributed by atoms with van der Waals surface area (Å²) < 4.78 is 30.2. The predicted molar refractivity (Wildman–Crippen MR) is 107 cm³/mol. The molecule has 0 spiro atoms. The highest BCUT2D eigenvalue weighted by Gasteiger charge is 2.31. The smallest absolute Gasteiger partial charge is 0.171 e. The lowest BCUT2D eigenvalue weighted by Gasteiger charge is -2.16. The Morgan fingerprint density at radius 2 is 2.03 bits per heavy atom. The van der Waals surface area contributed by atoms with E-state index in [-0.39, 0.29) is 18.3 Å². The summed E-state index contributed by atoms with van der Waals surface area (Å²) in [6.07, 6.45) is 1.60. The number of aryl methyl sites for hydroxylation is 1. The normalized spacial score (nSPS) is 17.2. The monoisotopic (exact) mass is 407 g/mol. The number of halogens is 1. The van der Waals surface area contributed by atoms with E-state index in [4.69, 9.17) is 15.2 Å². The molecule has 5 heterocycles. The molecule has 2 aliphatic rings. The van der Waals surface area contributed by atoms with E-state index in [0.29, 0.717) is 47.6 Å². The first-order chi connectivity index (χ1) is 14.6. The third-order valence-corrected chi connectivity index (χ3v) is 5.69. The maximum atomic E-state index is 14.7. The Hall–Kier alpha value is -3.82. The van der Waals surface area contributed by atoms with Crippen LogP contribution in [-0.4, -0.2) is 37.6 Å². The maximum Gasteiger partial charge on any atom is 0.171 e. The molecule has 0 saturated heterocycles. The summed E-state index contributed by atoms with van der Waals surface area (Å²) in [6, 6.07) is 6.80. The van der Waals surface area contributed by atoms with Crippen LogP contribution in [0.2, 0.25) is 0 Å². The van der Waals surface area contributed by atoms with Gasteiger partial charge >= 0.3 is 0 Å². The molecule has 0 saturated carbocycles. The maximum absolute atomic E-state index is 14.7. The van der Waals surface area contributed by atoms with Crippen molar-refractivity contribution in [1.82, 2.24) is 24.4 Å².